The standard InChI is InChI=1S/C49H40BNO2/c1-47(2)48(3,4)53-50(52-47)44-32-43-40(37-24-14-16-26-42(37)49(43,34-18-8-5-9-19-34)35-20-10-6-11-21-35)31-39(44)33-28-29-46-41(30-33)38-25-15-17-27-45(38)51(46)36-22-12-7-13-23-36/h5-32H,1-4H3. The van der Waals surface area contributed by atoms with Gasteiger partial charge in [0.2, 0.25) is 0 Å². The Labute approximate surface area is 311 Å². The van der Waals surface area contributed by atoms with Gasteiger partial charge in [0.15, 0.2) is 0 Å². The fourth-order valence-corrected chi connectivity index (χ4v) is 8.92. The summed E-state index contributed by atoms with van der Waals surface area (Å²) in [6.45, 7) is 8.55. The zero-order valence-electron chi connectivity index (χ0n) is 30.5. The van der Waals surface area contributed by atoms with Gasteiger partial charge in [-0.2, -0.15) is 0 Å². The summed E-state index contributed by atoms with van der Waals surface area (Å²) in [5.41, 5.74) is 12.8. The number of hydrogen-bond acceptors (Lipinski definition) is 2. The van der Waals surface area contributed by atoms with Crippen molar-refractivity contribution in [2.75, 3.05) is 0 Å². The fraction of sp³-hybridized carbons (Fsp3) is 0.143. The highest BCUT2D eigenvalue weighted by molar-refractivity contribution is 6.64. The van der Waals surface area contributed by atoms with Crippen molar-refractivity contribution in [1.82, 2.24) is 4.57 Å². The van der Waals surface area contributed by atoms with Crippen LogP contribution in [0.5, 0.6) is 0 Å². The Hall–Kier alpha value is -5.68. The van der Waals surface area contributed by atoms with E-state index in [-0.39, 0.29) is 0 Å². The molecule has 1 aromatic heterocycles. The molecule has 1 saturated heterocycles. The lowest BCUT2D eigenvalue weighted by molar-refractivity contribution is 0.00578. The molecule has 1 aliphatic heterocycles. The molecule has 1 fully saturated rings. The zero-order valence-corrected chi connectivity index (χ0v) is 30.5. The molecule has 0 amide bonds. The smallest absolute Gasteiger partial charge is 0.399 e. The normalized spacial score (nSPS) is 16.6. The number of rotatable bonds is 5. The van der Waals surface area contributed by atoms with E-state index in [1.165, 1.54) is 55.2 Å². The third-order valence-electron chi connectivity index (χ3n) is 12.1. The molecule has 0 atom stereocenters. The molecule has 2 aliphatic rings. The van der Waals surface area contributed by atoms with Gasteiger partial charge in [-0.1, -0.05) is 133 Å². The number of hydrogen-bond donors (Lipinski definition) is 0. The van der Waals surface area contributed by atoms with E-state index >= 15 is 0 Å². The SMILES string of the molecule is CC1(C)OB(c2cc3c(cc2-c2ccc4c(c2)c2ccccc2n4-c2ccccc2)-c2ccccc2C3(c2ccccc2)c2ccccc2)OC1(C)C. The first-order chi connectivity index (χ1) is 25.8. The van der Waals surface area contributed by atoms with Crippen LogP contribution in [0.1, 0.15) is 49.9 Å². The Balaban J connectivity index is 1.28. The van der Waals surface area contributed by atoms with E-state index in [0.717, 1.165) is 22.3 Å². The van der Waals surface area contributed by atoms with Crippen molar-refractivity contribution in [3.63, 3.8) is 0 Å². The topological polar surface area (TPSA) is 23.4 Å². The molecular weight excluding hydrogens is 645 g/mol. The average molecular weight is 686 g/mol. The van der Waals surface area contributed by atoms with E-state index in [9.17, 15) is 0 Å². The molecule has 3 nitrogen and oxygen atoms in total. The summed E-state index contributed by atoms with van der Waals surface area (Å²) in [5.74, 6) is 0. The van der Waals surface area contributed by atoms with Gasteiger partial charge in [-0.3, -0.25) is 0 Å². The van der Waals surface area contributed by atoms with Gasteiger partial charge in [-0.15, -0.1) is 0 Å². The van der Waals surface area contributed by atoms with Crippen LogP contribution < -0.4 is 5.46 Å². The van der Waals surface area contributed by atoms with Crippen molar-refractivity contribution in [2.24, 2.45) is 0 Å². The van der Waals surface area contributed by atoms with E-state index in [2.05, 4.69) is 202 Å². The van der Waals surface area contributed by atoms with Crippen LogP contribution in [-0.4, -0.2) is 22.9 Å². The molecular formula is C49H40BNO2. The Morgan fingerprint density at radius 2 is 1.02 bits per heavy atom. The summed E-state index contributed by atoms with van der Waals surface area (Å²) in [4.78, 5) is 0. The fourth-order valence-electron chi connectivity index (χ4n) is 8.92. The molecule has 0 N–H and O–H groups in total. The molecule has 0 radical (unpaired) electrons. The molecule has 2 heterocycles. The van der Waals surface area contributed by atoms with Crippen LogP contribution in [0.4, 0.5) is 0 Å². The minimum Gasteiger partial charge on any atom is -0.399 e. The van der Waals surface area contributed by atoms with Gasteiger partial charge in [-0.05, 0) is 114 Å². The molecule has 4 heteroatoms. The lowest BCUT2D eigenvalue weighted by Gasteiger charge is -2.34. The number of para-hydroxylation sites is 2. The molecule has 7 aromatic carbocycles. The Kier molecular flexibility index (Phi) is 7.05. The molecule has 53 heavy (non-hydrogen) atoms. The second kappa shape index (κ2) is 11.7. The van der Waals surface area contributed by atoms with Crippen LogP contribution >= 0.6 is 0 Å². The first-order valence-electron chi connectivity index (χ1n) is 18.6. The molecule has 0 saturated carbocycles. The maximum atomic E-state index is 6.92. The predicted molar refractivity (Wildman–Crippen MR) is 219 cm³/mol. The van der Waals surface area contributed by atoms with Gasteiger partial charge >= 0.3 is 7.12 Å². The predicted octanol–water partition coefficient (Wildman–Crippen LogP) is 11.1. The zero-order chi connectivity index (χ0) is 36.0. The van der Waals surface area contributed by atoms with Crippen LogP contribution in [-0.2, 0) is 14.7 Å². The van der Waals surface area contributed by atoms with Gasteiger partial charge in [-0.25, -0.2) is 0 Å². The third kappa shape index (κ3) is 4.62. The highest BCUT2D eigenvalue weighted by Gasteiger charge is 2.54. The summed E-state index contributed by atoms with van der Waals surface area (Å²) >= 11 is 0. The number of aromatic nitrogens is 1. The van der Waals surface area contributed by atoms with Crippen molar-refractivity contribution in [1.29, 1.82) is 0 Å². The summed E-state index contributed by atoms with van der Waals surface area (Å²) < 4.78 is 16.2. The van der Waals surface area contributed by atoms with Crippen LogP contribution in [0.15, 0.2) is 170 Å². The van der Waals surface area contributed by atoms with Gasteiger partial charge in [0.1, 0.15) is 0 Å². The highest BCUT2D eigenvalue weighted by atomic mass is 16.7. The summed E-state index contributed by atoms with van der Waals surface area (Å²) in [6.07, 6.45) is 0. The monoisotopic (exact) mass is 685 g/mol. The molecule has 0 spiro atoms. The molecule has 1 aliphatic carbocycles. The molecule has 10 rings (SSSR count). The summed E-state index contributed by atoms with van der Waals surface area (Å²) in [5, 5.41) is 2.44. The van der Waals surface area contributed by atoms with Gasteiger partial charge in [0.25, 0.3) is 0 Å². The first-order valence-corrected chi connectivity index (χ1v) is 18.6. The van der Waals surface area contributed by atoms with Gasteiger partial charge < -0.3 is 13.9 Å². The van der Waals surface area contributed by atoms with Crippen LogP contribution in [0.2, 0.25) is 0 Å². The van der Waals surface area contributed by atoms with E-state index in [1.807, 2.05) is 0 Å². The minimum atomic E-state index is -0.561. The molecule has 256 valence electrons. The number of nitrogens with zero attached hydrogens (tertiary/aromatic N) is 1. The van der Waals surface area contributed by atoms with Crippen LogP contribution in [0, 0.1) is 0 Å². The van der Waals surface area contributed by atoms with Gasteiger partial charge in [0, 0.05) is 16.5 Å². The second-order valence-corrected chi connectivity index (χ2v) is 15.5. The van der Waals surface area contributed by atoms with Crippen molar-refractivity contribution >= 4 is 34.4 Å². The molecule has 8 aromatic rings. The maximum absolute atomic E-state index is 6.92. The first kappa shape index (κ1) is 32.0. The number of benzene rings is 7. The summed E-state index contributed by atoms with van der Waals surface area (Å²) in [6, 6.07) is 62.0. The van der Waals surface area contributed by atoms with Crippen molar-refractivity contribution in [2.45, 2.75) is 44.3 Å². The van der Waals surface area contributed by atoms with Crippen molar-refractivity contribution in [3.8, 4) is 27.9 Å². The maximum Gasteiger partial charge on any atom is 0.495 e. The number of fused-ring (bicyclic) bond motifs is 6. The van der Waals surface area contributed by atoms with E-state index in [4.69, 9.17) is 9.31 Å². The van der Waals surface area contributed by atoms with Gasteiger partial charge in [0.05, 0.1) is 27.7 Å². The second-order valence-electron chi connectivity index (χ2n) is 15.5. The molecule has 0 bridgehead atoms. The van der Waals surface area contributed by atoms with Crippen molar-refractivity contribution in [3.05, 3.63) is 192 Å². The third-order valence-corrected chi connectivity index (χ3v) is 12.1. The van der Waals surface area contributed by atoms with E-state index < -0.39 is 23.7 Å². The Morgan fingerprint density at radius 1 is 0.453 bits per heavy atom. The lowest BCUT2D eigenvalue weighted by Crippen LogP contribution is -2.41. The highest BCUT2D eigenvalue weighted by Crippen LogP contribution is 2.56. The largest absolute Gasteiger partial charge is 0.495 e. The van der Waals surface area contributed by atoms with E-state index in [0.29, 0.717) is 0 Å². The van der Waals surface area contributed by atoms with Crippen molar-refractivity contribution < 1.29 is 9.31 Å². The molecule has 0 unspecified atom stereocenters. The lowest BCUT2D eigenvalue weighted by atomic mass is 9.65. The van der Waals surface area contributed by atoms with Crippen LogP contribution in [0.3, 0.4) is 0 Å². The Morgan fingerprint density at radius 3 is 1.70 bits per heavy atom. The van der Waals surface area contributed by atoms with Crippen LogP contribution in [0.25, 0.3) is 49.7 Å². The summed E-state index contributed by atoms with van der Waals surface area (Å²) in [7, 11) is -0.561. The minimum absolute atomic E-state index is 0.500. The van der Waals surface area contributed by atoms with E-state index in [1.54, 1.807) is 0 Å². The average Bonchev–Trinajstić information content (AvgIpc) is 3.76. The quantitative estimate of drug-likeness (QED) is 0.168. The Bertz CT molecular complexity index is 2620.